The van der Waals surface area contributed by atoms with Gasteiger partial charge < -0.3 is 0 Å². The van der Waals surface area contributed by atoms with E-state index in [9.17, 15) is 0 Å². The zero-order chi connectivity index (χ0) is 17.1. The van der Waals surface area contributed by atoms with Crippen LogP contribution in [0, 0.1) is 37.5 Å². The molecule has 0 aliphatic heterocycles. The summed E-state index contributed by atoms with van der Waals surface area (Å²) in [5.41, 5.74) is 6.55. The molecule has 3 aromatic rings. The minimum atomic E-state index is 0.630. The van der Waals surface area contributed by atoms with Crippen molar-refractivity contribution in [2.24, 2.45) is 0 Å². The number of pyridine rings is 1. The Morgan fingerprint density at radius 1 is 1.12 bits per heavy atom. The number of benzene rings is 1. The van der Waals surface area contributed by atoms with Gasteiger partial charge in [-0.1, -0.05) is 24.1 Å². The predicted octanol–water partition coefficient (Wildman–Crippen LogP) is 3.46. The predicted molar refractivity (Wildman–Crippen MR) is 93.1 cm³/mol. The van der Waals surface area contributed by atoms with Gasteiger partial charge in [0.2, 0.25) is 0 Å². The monoisotopic (exact) mass is 312 g/mol. The van der Waals surface area contributed by atoms with Gasteiger partial charge >= 0.3 is 0 Å². The van der Waals surface area contributed by atoms with E-state index < -0.39 is 0 Å². The lowest BCUT2D eigenvalue weighted by Gasteiger charge is -2.06. The van der Waals surface area contributed by atoms with Crippen molar-refractivity contribution in [2.75, 3.05) is 0 Å². The lowest BCUT2D eigenvalue weighted by atomic mass is 10.0. The van der Waals surface area contributed by atoms with Gasteiger partial charge in [-0.3, -0.25) is 4.68 Å². The first kappa shape index (κ1) is 15.5. The molecular formula is C20H16N4. The molecule has 0 bridgehead atoms. The molecule has 1 aromatic carbocycles. The van der Waals surface area contributed by atoms with Crippen molar-refractivity contribution < 1.29 is 0 Å². The molecule has 24 heavy (non-hydrogen) atoms. The van der Waals surface area contributed by atoms with Crippen LogP contribution in [0.4, 0.5) is 0 Å². The smallest absolute Gasteiger partial charge is 0.112 e. The fourth-order valence-electron chi connectivity index (χ4n) is 2.76. The highest BCUT2D eigenvalue weighted by Crippen LogP contribution is 2.27. The average Bonchev–Trinajstić information content (AvgIpc) is 2.89. The van der Waals surface area contributed by atoms with Gasteiger partial charge in [-0.2, -0.15) is 10.4 Å². The standard InChI is InChI=1S/C20H16N4/c1-4-19-10-7-17(12-22-19)13-24-15(3)20(14(2)23-24)18-8-5-16(11-21)6-9-18/h1,5-10,12H,13H2,2-3H3. The second-order valence-corrected chi connectivity index (χ2v) is 5.59. The van der Waals surface area contributed by atoms with Crippen LogP contribution in [0.15, 0.2) is 42.6 Å². The number of terminal acetylenes is 1. The third-order valence-electron chi connectivity index (χ3n) is 3.99. The van der Waals surface area contributed by atoms with Gasteiger partial charge in [-0.15, -0.1) is 6.42 Å². The van der Waals surface area contributed by atoms with E-state index in [2.05, 4.69) is 29.0 Å². The van der Waals surface area contributed by atoms with Gasteiger partial charge in [0.05, 0.1) is 23.9 Å². The Bertz CT molecular complexity index is 949. The van der Waals surface area contributed by atoms with Crippen molar-refractivity contribution in [3.63, 3.8) is 0 Å². The number of nitriles is 1. The number of nitrogens with zero attached hydrogens (tertiary/aromatic N) is 4. The first-order valence-corrected chi connectivity index (χ1v) is 7.58. The summed E-state index contributed by atoms with van der Waals surface area (Å²) in [6.45, 7) is 4.69. The Morgan fingerprint density at radius 2 is 1.88 bits per heavy atom. The van der Waals surface area contributed by atoms with Gasteiger partial charge in [0.25, 0.3) is 0 Å². The summed E-state index contributed by atoms with van der Waals surface area (Å²) in [6, 6.07) is 13.5. The van der Waals surface area contributed by atoms with Gasteiger partial charge in [0.1, 0.15) is 5.69 Å². The van der Waals surface area contributed by atoms with Crippen molar-refractivity contribution in [2.45, 2.75) is 20.4 Å². The third kappa shape index (κ3) is 2.91. The van der Waals surface area contributed by atoms with E-state index in [0.29, 0.717) is 17.8 Å². The van der Waals surface area contributed by atoms with E-state index in [1.54, 1.807) is 6.20 Å². The Balaban J connectivity index is 1.93. The van der Waals surface area contributed by atoms with Crippen LogP contribution in [0.5, 0.6) is 0 Å². The zero-order valence-corrected chi connectivity index (χ0v) is 13.6. The number of aromatic nitrogens is 3. The molecule has 0 fully saturated rings. The summed E-state index contributed by atoms with van der Waals surface area (Å²) < 4.78 is 1.97. The van der Waals surface area contributed by atoms with Gasteiger partial charge in [-0.05, 0) is 43.2 Å². The number of aryl methyl sites for hydroxylation is 1. The molecule has 0 atom stereocenters. The highest BCUT2D eigenvalue weighted by Gasteiger charge is 2.13. The van der Waals surface area contributed by atoms with Crippen LogP contribution in [0.1, 0.15) is 28.2 Å². The third-order valence-corrected chi connectivity index (χ3v) is 3.99. The SMILES string of the molecule is C#Cc1ccc(Cn2nc(C)c(-c3ccc(C#N)cc3)c2C)cn1. The zero-order valence-electron chi connectivity index (χ0n) is 13.6. The molecule has 2 heterocycles. The number of rotatable bonds is 3. The summed E-state index contributed by atoms with van der Waals surface area (Å²) in [4.78, 5) is 4.22. The molecule has 0 saturated heterocycles. The molecule has 0 unspecified atom stereocenters. The van der Waals surface area contributed by atoms with Crippen molar-refractivity contribution >= 4 is 0 Å². The minimum absolute atomic E-state index is 0.630. The van der Waals surface area contributed by atoms with Crippen LogP contribution in [-0.4, -0.2) is 14.8 Å². The quantitative estimate of drug-likeness (QED) is 0.696. The molecule has 116 valence electrons. The lowest BCUT2D eigenvalue weighted by Crippen LogP contribution is -2.04. The molecule has 0 amide bonds. The normalized spacial score (nSPS) is 10.2. The number of hydrogen-bond acceptors (Lipinski definition) is 3. The average molecular weight is 312 g/mol. The fraction of sp³-hybridized carbons (Fsp3) is 0.150. The molecule has 0 aliphatic rings. The summed E-state index contributed by atoms with van der Waals surface area (Å²) in [6.07, 6.45) is 7.12. The van der Waals surface area contributed by atoms with E-state index in [1.807, 2.05) is 48.0 Å². The molecule has 4 heteroatoms. The van der Waals surface area contributed by atoms with Crippen LogP contribution < -0.4 is 0 Å². The molecule has 3 rings (SSSR count). The largest absolute Gasteiger partial charge is 0.264 e. The van der Waals surface area contributed by atoms with E-state index in [4.69, 9.17) is 11.7 Å². The lowest BCUT2D eigenvalue weighted by molar-refractivity contribution is 0.657. The molecule has 4 nitrogen and oxygen atoms in total. The van der Waals surface area contributed by atoms with Crippen molar-refractivity contribution in [1.82, 2.24) is 14.8 Å². The van der Waals surface area contributed by atoms with Gasteiger partial charge in [0, 0.05) is 17.5 Å². The van der Waals surface area contributed by atoms with Crippen LogP contribution in [0.25, 0.3) is 11.1 Å². The highest BCUT2D eigenvalue weighted by molar-refractivity contribution is 5.69. The Hall–Kier alpha value is -3.37. The summed E-state index contributed by atoms with van der Waals surface area (Å²) >= 11 is 0. The summed E-state index contributed by atoms with van der Waals surface area (Å²) in [5, 5.41) is 13.6. The first-order valence-electron chi connectivity index (χ1n) is 7.58. The van der Waals surface area contributed by atoms with Crippen molar-refractivity contribution in [3.8, 4) is 29.5 Å². The van der Waals surface area contributed by atoms with Crippen LogP contribution >= 0.6 is 0 Å². The van der Waals surface area contributed by atoms with Crippen LogP contribution in [0.3, 0.4) is 0 Å². The van der Waals surface area contributed by atoms with Crippen molar-refractivity contribution in [3.05, 3.63) is 70.8 Å². The van der Waals surface area contributed by atoms with E-state index in [-0.39, 0.29) is 0 Å². The summed E-state index contributed by atoms with van der Waals surface area (Å²) in [7, 11) is 0. The Morgan fingerprint density at radius 3 is 2.46 bits per heavy atom. The van der Waals surface area contributed by atoms with Crippen molar-refractivity contribution in [1.29, 1.82) is 5.26 Å². The van der Waals surface area contributed by atoms with E-state index >= 15 is 0 Å². The molecule has 0 radical (unpaired) electrons. The maximum Gasteiger partial charge on any atom is 0.112 e. The molecule has 0 N–H and O–H groups in total. The maximum absolute atomic E-state index is 8.93. The molecule has 0 aliphatic carbocycles. The summed E-state index contributed by atoms with van der Waals surface area (Å²) in [5.74, 6) is 2.52. The molecule has 2 aromatic heterocycles. The second kappa shape index (κ2) is 6.40. The molecule has 0 saturated carbocycles. The topological polar surface area (TPSA) is 54.5 Å². The minimum Gasteiger partial charge on any atom is -0.264 e. The van der Waals surface area contributed by atoms with Gasteiger partial charge in [0.15, 0.2) is 0 Å². The van der Waals surface area contributed by atoms with Gasteiger partial charge in [-0.25, -0.2) is 4.98 Å². The number of hydrogen-bond donors (Lipinski definition) is 0. The fourth-order valence-corrected chi connectivity index (χ4v) is 2.76. The Labute approximate surface area is 141 Å². The Kier molecular flexibility index (Phi) is 4.14. The first-order chi connectivity index (χ1) is 11.6. The van der Waals surface area contributed by atoms with E-state index in [0.717, 1.165) is 28.1 Å². The van der Waals surface area contributed by atoms with E-state index in [1.165, 1.54) is 0 Å². The second-order valence-electron chi connectivity index (χ2n) is 5.59. The molecular weight excluding hydrogens is 296 g/mol. The maximum atomic E-state index is 8.93. The van der Waals surface area contributed by atoms with Crippen LogP contribution in [-0.2, 0) is 6.54 Å². The highest BCUT2D eigenvalue weighted by atomic mass is 15.3. The molecule has 0 spiro atoms. The van der Waals surface area contributed by atoms with Crippen LogP contribution in [0.2, 0.25) is 0 Å².